The number of guanidine groups is 1. The monoisotopic (exact) mass is 155 g/mol. The minimum absolute atomic E-state index is 0.0376. The van der Waals surface area contributed by atoms with E-state index in [4.69, 9.17) is 4.74 Å². The quantitative estimate of drug-likeness (QED) is 0.445. The van der Waals surface area contributed by atoms with E-state index in [1.165, 1.54) is 0 Å². The molecule has 0 aromatic rings. The summed E-state index contributed by atoms with van der Waals surface area (Å²) in [5.41, 5.74) is -0.505. The van der Waals surface area contributed by atoms with Gasteiger partial charge in [-0.3, -0.25) is 15.1 Å². The first kappa shape index (κ1) is 6.60. The zero-order chi connectivity index (χ0) is 7.90. The summed E-state index contributed by atoms with van der Waals surface area (Å²) in [5.74, 6) is 0.502. The third-order valence-corrected chi connectivity index (χ3v) is 1.94. The van der Waals surface area contributed by atoms with E-state index in [-0.39, 0.29) is 5.91 Å². The van der Waals surface area contributed by atoms with Gasteiger partial charge in [-0.1, -0.05) is 0 Å². The van der Waals surface area contributed by atoms with E-state index in [1.54, 1.807) is 7.05 Å². The van der Waals surface area contributed by atoms with Crippen LogP contribution in [0.5, 0.6) is 0 Å². The van der Waals surface area contributed by atoms with Crippen LogP contribution in [0.2, 0.25) is 0 Å². The molecule has 1 amide bonds. The molecule has 2 fully saturated rings. The van der Waals surface area contributed by atoms with Gasteiger partial charge in [-0.25, -0.2) is 0 Å². The molecule has 0 unspecified atom stereocenters. The molecule has 2 aliphatic rings. The molecule has 0 aromatic heterocycles. The van der Waals surface area contributed by atoms with Gasteiger partial charge in [0.05, 0.1) is 13.2 Å². The fourth-order valence-corrected chi connectivity index (χ4v) is 1.16. The summed E-state index contributed by atoms with van der Waals surface area (Å²) in [6.45, 7) is 0.885. The number of nitrogens with zero attached hydrogens (tertiary/aromatic N) is 1. The van der Waals surface area contributed by atoms with Gasteiger partial charge in [0, 0.05) is 7.05 Å². The second-order valence-corrected chi connectivity index (χ2v) is 2.73. The predicted molar refractivity (Wildman–Crippen MR) is 38.2 cm³/mol. The van der Waals surface area contributed by atoms with Crippen molar-refractivity contribution in [1.29, 1.82) is 0 Å². The second-order valence-electron chi connectivity index (χ2n) is 2.73. The molecule has 2 saturated heterocycles. The Kier molecular flexibility index (Phi) is 1.17. The lowest BCUT2D eigenvalue weighted by Crippen LogP contribution is -2.62. The predicted octanol–water partition coefficient (Wildman–Crippen LogP) is -1.54. The number of rotatable bonds is 0. The minimum Gasteiger partial charge on any atom is -0.375 e. The molecule has 2 heterocycles. The van der Waals surface area contributed by atoms with Crippen molar-refractivity contribution in [2.45, 2.75) is 5.54 Å². The van der Waals surface area contributed by atoms with E-state index in [0.29, 0.717) is 19.2 Å². The zero-order valence-corrected chi connectivity index (χ0v) is 6.18. The molecular formula is C6H9N3O2. The highest BCUT2D eigenvalue weighted by Crippen LogP contribution is 2.19. The number of ether oxygens (including phenoxy) is 1. The average molecular weight is 155 g/mol. The molecule has 0 radical (unpaired) electrons. The molecule has 0 atom stereocenters. The first-order valence-electron chi connectivity index (χ1n) is 3.41. The molecule has 0 aromatic carbocycles. The molecule has 2 aliphatic heterocycles. The highest BCUT2D eigenvalue weighted by molar-refractivity contribution is 6.09. The van der Waals surface area contributed by atoms with E-state index in [9.17, 15) is 4.79 Å². The van der Waals surface area contributed by atoms with Crippen molar-refractivity contribution in [3.63, 3.8) is 0 Å². The Labute approximate surface area is 63.8 Å². The SMILES string of the molecule is CN=C1NC(=O)C2(COC2)N1. The first-order chi connectivity index (χ1) is 5.27. The summed E-state index contributed by atoms with van der Waals surface area (Å²) in [6.07, 6.45) is 0. The first-order valence-corrected chi connectivity index (χ1v) is 3.41. The number of carbonyl (C=O) groups excluding carboxylic acids is 1. The highest BCUT2D eigenvalue weighted by atomic mass is 16.5. The Morgan fingerprint density at radius 2 is 2.36 bits per heavy atom. The van der Waals surface area contributed by atoms with Crippen molar-refractivity contribution in [1.82, 2.24) is 10.6 Å². The van der Waals surface area contributed by atoms with E-state index >= 15 is 0 Å². The molecule has 0 bridgehead atoms. The van der Waals surface area contributed by atoms with Gasteiger partial charge in [-0.05, 0) is 0 Å². The van der Waals surface area contributed by atoms with Crippen LogP contribution in [0, 0.1) is 0 Å². The van der Waals surface area contributed by atoms with Crippen molar-refractivity contribution < 1.29 is 9.53 Å². The molecule has 5 nitrogen and oxygen atoms in total. The van der Waals surface area contributed by atoms with Crippen LogP contribution in [0.4, 0.5) is 0 Å². The molecule has 1 spiro atoms. The van der Waals surface area contributed by atoms with Crippen LogP contribution in [0.25, 0.3) is 0 Å². The van der Waals surface area contributed by atoms with Crippen LogP contribution >= 0.6 is 0 Å². The summed E-state index contributed by atoms with van der Waals surface area (Å²) in [4.78, 5) is 15.0. The van der Waals surface area contributed by atoms with Gasteiger partial charge >= 0.3 is 0 Å². The third-order valence-electron chi connectivity index (χ3n) is 1.94. The van der Waals surface area contributed by atoms with Gasteiger partial charge in [-0.2, -0.15) is 0 Å². The fourth-order valence-electron chi connectivity index (χ4n) is 1.16. The maximum Gasteiger partial charge on any atom is 0.257 e. The van der Waals surface area contributed by atoms with Crippen LogP contribution in [-0.4, -0.2) is 37.7 Å². The van der Waals surface area contributed by atoms with E-state index in [2.05, 4.69) is 15.6 Å². The Bertz CT molecular complexity index is 232. The Morgan fingerprint density at radius 3 is 2.64 bits per heavy atom. The van der Waals surface area contributed by atoms with Gasteiger partial charge in [0.2, 0.25) is 0 Å². The molecule has 2 rings (SSSR count). The van der Waals surface area contributed by atoms with Gasteiger partial charge in [0.1, 0.15) is 0 Å². The Balaban J connectivity index is 2.20. The van der Waals surface area contributed by atoms with Crippen molar-refractivity contribution in [3.8, 4) is 0 Å². The third kappa shape index (κ3) is 0.742. The summed E-state index contributed by atoms with van der Waals surface area (Å²) in [6, 6.07) is 0. The van der Waals surface area contributed by atoms with E-state index in [0.717, 1.165) is 0 Å². The normalized spacial score (nSPS) is 29.9. The smallest absolute Gasteiger partial charge is 0.257 e. The number of carbonyl (C=O) groups is 1. The lowest BCUT2D eigenvalue weighted by molar-refractivity contribution is -0.141. The van der Waals surface area contributed by atoms with Crippen LogP contribution < -0.4 is 10.6 Å². The molecule has 11 heavy (non-hydrogen) atoms. The molecule has 2 N–H and O–H groups in total. The van der Waals surface area contributed by atoms with Crippen LogP contribution in [0.15, 0.2) is 4.99 Å². The van der Waals surface area contributed by atoms with Crippen molar-refractivity contribution in [2.24, 2.45) is 4.99 Å². The highest BCUT2D eigenvalue weighted by Gasteiger charge is 2.51. The van der Waals surface area contributed by atoms with Gasteiger partial charge < -0.3 is 10.1 Å². The van der Waals surface area contributed by atoms with E-state index < -0.39 is 5.54 Å². The van der Waals surface area contributed by atoms with Crippen molar-refractivity contribution >= 4 is 11.9 Å². The van der Waals surface area contributed by atoms with Crippen molar-refractivity contribution in [3.05, 3.63) is 0 Å². The Morgan fingerprint density at radius 1 is 1.64 bits per heavy atom. The second kappa shape index (κ2) is 1.94. The van der Waals surface area contributed by atoms with Crippen LogP contribution in [0.3, 0.4) is 0 Å². The standard InChI is InChI=1S/C6H9N3O2/c1-7-5-8-4(10)6(9-5)2-11-3-6/h2-3H2,1H3,(H2,7,8,9,10). The summed E-state index contributed by atoms with van der Waals surface area (Å²) in [5, 5.41) is 5.58. The van der Waals surface area contributed by atoms with Crippen LogP contribution in [-0.2, 0) is 9.53 Å². The maximum atomic E-state index is 11.2. The lowest BCUT2D eigenvalue weighted by Gasteiger charge is -2.34. The molecule has 5 heteroatoms. The van der Waals surface area contributed by atoms with Gasteiger partial charge in [0.15, 0.2) is 11.5 Å². The van der Waals surface area contributed by atoms with Crippen LogP contribution in [0.1, 0.15) is 0 Å². The maximum absolute atomic E-state index is 11.2. The summed E-state index contributed by atoms with van der Waals surface area (Å²) < 4.78 is 4.94. The van der Waals surface area contributed by atoms with Gasteiger partial charge in [-0.15, -0.1) is 0 Å². The number of nitrogens with one attached hydrogen (secondary N) is 2. The van der Waals surface area contributed by atoms with Gasteiger partial charge in [0.25, 0.3) is 5.91 Å². The topological polar surface area (TPSA) is 62.7 Å². The largest absolute Gasteiger partial charge is 0.375 e. The molecule has 0 aliphatic carbocycles. The minimum atomic E-state index is -0.505. The molecule has 0 saturated carbocycles. The lowest BCUT2D eigenvalue weighted by atomic mass is 9.99. The zero-order valence-electron chi connectivity index (χ0n) is 6.18. The Hall–Kier alpha value is -1.10. The number of hydrogen-bond acceptors (Lipinski definition) is 3. The fraction of sp³-hybridized carbons (Fsp3) is 0.667. The number of hydrogen-bond donors (Lipinski definition) is 2. The summed E-state index contributed by atoms with van der Waals surface area (Å²) >= 11 is 0. The number of amides is 1. The summed E-state index contributed by atoms with van der Waals surface area (Å²) in [7, 11) is 1.63. The van der Waals surface area contributed by atoms with Crippen molar-refractivity contribution in [2.75, 3.05) is 20.3 Å². The number of aliphatic imine (C=N–C) groups is 1. The molecular weight excluding hydrogens is 146 g/mol. The van der Waals surface area contributed by atoms with E-state index in [1.807, 2.05) is 0 Å². The molecule has 60 valence electrons. The average Bonchev–Trinajstić information content (AvgIpc) is 2.25.